The zero-order valence-electron chi connectivity index (χ0n) is 63.5. The van der Waals surface area contributed by atoms with Crippen LogP contribution in [0.25, 0.3) is 0 Å². The van der Waals surface area contributed by atoms with Gasteiger partial charge in [0.2, 0.25) is 11.8 Å². The molecule has 1 fully saturated rings. The molecule has 4 aromatic carbocycles. The molecule has 0 spiro atoms. The third-order valence-electron chi connectivity index (χ3n) is 20.2. The van der Waals surface area contributed by atoms with Gasteiger partial charge >= 0.3 is 0 Å². The summed E-state index contributed by atoms with van der Waals surface area (Å²) in [4.78, 5) is 65.1. The number of hydrogen-bond acceptors (Lipinski definition) is 12. The van der Waals surface area contributed by atoms with E-state index in [9.17, 15) is 19.2 Å². The number of rotatable bonds is 48. The van der Waals surface area contributed by atoms with Crippen LogP contribution in [0, 0.1) is 35.5 Å². The van der Waals surface area contributed by atoms with Crippen molar-refractivity contribution in [3.8, 4) is 11.5 Å². The summed E-state index contributed by atoms with van der Waals surface area (Å²) < 4.78 is 13.0. The van der Waals surface area contributed by atoms with Gasteiger partial charge < -0.3 is 39.7 Å². The first kappa shape index (κ1) is 81.8. The molecule has 544 valence electrons. The van der Waals surface area contributed by atoms with Crippen LogP contribution in [0.15, 0.2) is 93.3 Å². The summed E-state index contributed by atoms with van der Waals surface area (Å²) in [7, 11) is 0. The second-order valence-corrected chi connectivity index (χ2v) is 27.6. The monoisotopic (exact) mass is 1350 g/mol. The molecule has 0 radical (unpaired) electrons. The highest BCUT2D eigenvalue weighted by Gasteiger charge is 2.29. The van der Waals surface area contributed by atoms with Crippen LogP contribution >= 0.6 is 0 Å². The molecular weight excluding hydrogens is 1220 g/mol. The second-order valence-electron chi connectivity index (χ2n) is 27.6. The van der Waals surface area contributed by atoms with Crippen molar-refractivity contribution in [2.45, 2.75) is 251 Å². The van der Waals surface area contributed by atoms with E-state index in [1.54, 1.807) is 58.3 Å². The Morgan fingerprint density at radius 1 is 0.398 bits per heavy atom. The zero-order chi connectivity index (χ0) is 71.2. The van der Waals surface area contributed by atoms with E-state index in [0.29, 0.717) is 108 Å². The minimum Gasteiger partial charge on any atom is -0.492 e. The van der Waals surface area contributed by atoms with Gasteiger partial charge in [-0.3, -0.25) is 19.2 Å². The van der Waals surface area contributed by atoms with Crippen LogP contribution < -0.4 is 29.9 Å². The molecule has 1 saturated heterocycles. The Bertz CT molecular complexity index is 2780. The summed E-state index contributed by atoms with van der Waals surface area (Å²) in [5.41, 5.74) is 6.32. The molecule has 6 atom stereocenters. The first-order valence-corrected chi connectivity index (χ1v) is 39.0. The van der Waals surface area contributed by atoms with E-state index in [1.807, 2.05) is 26.0 Å². The molecule has 0 aromatic heterocycles. The lowest BCUT2D eigenvalue weighted by Crippen LogP contribution is -2.50. The molecule has 2 N–H and O–H groups in total. The maximum Gasteiger partial charge on any atom is 0.253 e. The summed E-state index contributed by atoms with van der Waals surface area (Å²) in [6.07, 6.45) is 25.5. The molecule has 16 heteroatoms. The summed E-state index contributed by atoms with van der Waals surface area (Å²) >= 11 is 0. The average Bonchev–Trinajstić information content (AvgIpc) is 0.813. The minimum atomic E-state index is -0.132. The van der Waals surface area contributed by atoms with Crippen LogP contribution in [0.3, 0.4) is 0 Å². The minimum absolute atomic E-state index is 0.0153. The number of benzene rings is 4. The van der Waals surface area contributed by atoms with E-state index in [-0.39, 0.29) is 35.5 Å². The molecule has 1 heterocycles. The number of carbonyl (C=O) groups is 4. The lowest BCUT2D eigenvalue weighted by Gasteiger charge is -2.35. The van der Waals surface area contributed by atoms with Crippen LogP contribution in [0.5, 0.6) is 11.5 Å². The topological polar surface area (TPSA) is 173 Å². The van der Waals surface area contributed by atoms with Crippen molar-refractivity contribution in [2.24, 2.45) is 56.0 Å². The van der Waals surface area contributed by atoms with E-state index in [2.05, 4.69) is 116 Å². The van der Waals surface area contributed by atoms with Crippen molar-refractivity contribution in [3.63, 3.8) is 0 Å². The summed E-state index contributed by atoms with van der Waals surface area (Å²) in [5.74, 6) is 2.97. The van der Waals surface area contributed by atoms with Gasteiger partial charge in [-0.2, -0.15) is 10.2 Å². The maximum atomic E-state index is 14.2. The van der Waals surface area contributed by atoms with E-state index >= 15 is 0 Å². The number of anilines is 4. The van der Waals surface area contributed by atoms with Crippen LogP contribution in [0.4, 0.5) is 45.5 Å². The van der Waals surface area contributed by atoms with Crippen molar-refractivity contribution in [3.05, 3.63) is 83.9 Å². The van der Waals surface area contributed by atoms with E-state index in [0.717, 1.165) is 177 Å². The van der Waals surface area contributed by atoms with E-state index in [4.69, 9.17) is 29.9 Å². The number of nitrogens with one attached hydrogen (secondary N) is 2. The Hall–Kier alpha value is -6.84. The third kappa shape index (κ3) is 26.0. The van der Waals surface area contributed by atoms with E-state index in [1.165, 1.54) is 25.7 Å². The molecule has 0 bridgehead atoms. The van der Waals surface area contributed by atoms with Crippen LogP contribution in [0.1, 0.15) is 272 Å². The van der Waals surface area contributed by atoms with Crippen molar-refractivity contribution in [2.75, 3.05) is 86.0 Å². The van der Waals surface area contributed by atoms with Gasteiger partial charge in [0.25, 0.3) is 11.8 Å². The van der Waals surface area contributed by atoms with Crippen molar-refractivity contribution in [1.29, 1.82) is 0 Å². The number of hydrogen-bond donors (Lipinski definition) is 2. The fraction of sp³-hybridized carbons (Fsp3) is 0.659. The van der Waals surface area contributed by atoms with Crippen LogP contribution in [0.2, 0.25) is 0 Å². The number of piperazine rings is 1. The SMILES string of the molecule is CCCCC(CC)CN(CC(CC)CCCC)c1cc(NC(=O)C(CC)CCCC)c(N=Nc2ccc(C(=O)N3CCN(C(=O)c4ccc(N=Nc5cc(OCC)c(N(CC(CC)CCCC)CC(CC)CCCC)cc5NC(=O)C(CC)CCCC)cc4)CC3)cc2)cc1OCC. The molecule has 4 aromatic rings. The molecule has 6 unspecified atom stereocenters. The van der Waals surface area contributed by atoms with Crippen LogP contribution in [-0.4, -0.2) is 99.0 Å². The third-order valence-corrected chi connectivity index (χ3v) is 20.2. The van der Waals surface area contributed by atoms with Crippen molar-refractivity contribution in [1.82, 2.24) is 9.80 Å². The Balaban J connectivity index is 1.36. The first-order chi connectivity index (χ1) is 47.6. The second kappa shape index (κ2) is 45.8. The highest BCUT2D eigenvalue weighted by molar-refractivity contribution is 5.98. The maximum absolute atomic E-state index is 14.2. The molecule has 0 aliphatic carbocycles. The summed E-state index contributed by atoms with van der Waals surface area (Å²) in [6, 6.07) is 22.3. The number of unbranched alkanes of at least 4 members (excludes halogenated alkanes) is 6. The molecule has 98 heavy (non-hydrogen) atoms. The largest absolute Gasteiger partial charge is 0.492 e. The lowest BCUT2D eigenvalue weighted by molar-refractivity contribution is -0.121. The van der Waals surface area contributed by atoms with Gasteiger partial charge in [0.05, 0.1) is 47.3 Å². The standard InChI is InChI=1S/C82H130N10O6/c1-15-29-35-61(21-7)57-91(58-62(22-8)36-30-16-2)75-53-71(83-79(93)65(25-11)39-33-19-5)73(55-77(75)97-27-13)87-85-69-45-41-67(42-46-69)81(95)89-49-51-90(52-50-89)82(96)68-43-47-70(48-44-68)86-88-74-56-78(98-28-14)76(54-72(74)84-80(94)66(26-12)40-34-20-6)92(59-63(23-9)37-31-17-3)60-64(24-10)38-32-18-4/h41-48,53-56,61-66H,15-40,49-52,57-60H2,1-14H3,(H,83,93)(H,84,94). The van der Waals surface area contributed by atoms with Crippen molar-refractivity contribution >= 4 is 69.1 Å². The zero-order valence-corrected chi connectivity index (χ0v) is 63.5. The smallest absolute Gasteiger partial charge is 0.253 e. The molecule has 1 aliphatic rings. The highest BCUT2D eigenvalue weighted by Crippen LogP contribution is 2.44. The van der Waals surface area contributed by atoms with Gasteiger partial charge in [-0.25, -0.2) is 0 Å². The number of nitrogens with zero attached hydrogens (tertiary/aromatic N) is 8. The quantitative estimate of drug-likeness (QED) is 0.0411. The Kier molecular flexibility index (Phi) is 38.2. The summed E-state index contributed by atoms with van der Waals surface area (Å²) in [5, 5.41) is 25.7. The fourth-order valence-corrected chi connectivity index (χ4v) is 13.4. The average molecular weight is 1350 g/mol. The highest BCUT2D eigenvalue weighted by atomic mass is 16.5. The van der Waals surface area contributed by atoms with Gasteiger partial charge in [-0.1, -0.05) is 186 Å². The van der Waals surface area contributed by atoms with Gasteiger partial charge in [-0.05, 0) is 150 Å². The van der Waals surface area contributed by atoms with Gasteiger partial charge in [0, 0.05) is 87.5 Å². The first-order valence-electron chi connectivity index (χ1n) is 39.0. The number of ether oxygens (including phenoxy) is 2. The molecule has 16 nitrogen and oxygen atoms in total. The van der Waals surface area contributed by atoms with Crippen LogP contribution in [-0.2, 0) is 9.59 Å². The van der Waals surface area contributed by atoms with Crippen molar-refractivity contribution < 1.29 is 28.7 Å². The Morgan fingerprint density at radius 2 is 0.694 bits per heavy atom. The van der Waals surface area contributed by atoms with E-state index < -0.39 is 0 Å². The summed E-state index contributed by atoms with van der Waals surface area (Å²) in [6.45, 7) is 36.8. The molecular formula is C82H130N10O6. The predicted octanol–water partition coefficient (Wildman–Crippen LogP) is 22.7. The number of amides is 4. The normalized spacial score (nSPS) is 14.5. The Morgan fingerprint density at radius 3 is 0.959 bits per heavy atom. The van der Waals surface area contributed by atoms with Gasteiger partial charge in [0.1, 0.15) is 22.9 Å². The molecule has 4 amide bonds. The lowest BCUT2D eigenvalue weighted by atomic mass is 9.95. The molecule has 1 aliphatic heterocycles. The van der Waals surface area contributed by atoms with Gasteiger partial charge in [-0.15, -0.1) is 10.2 Å². The molecule has 0 saturated carbocycles. The predicted molar refractivity (Wildman–Crippen MR) is 410 cm³/mol. The number of carbonyl (C=O) groups excluding carboxylic acids is 4. The Labute approximate surface area is 593 Å². The van der Waals surface area contributed by atoms with Gasteiger partial charge in [0.15, 0.2) is 0 Å². The molecule has 5 rings (SSSR count). The fourth-order valence-electron chi connectivity index (χ4n) is 13.4. The number of azo groups is 2.